The van der Waals surface area contributed by atoms with Crippen LogP contribution in [-0.2, 0) is 4.74 Å². The van der Waals surface area contributed by atoms with Gasteiger partial charge in [0.15, 0.2) is 5.82 Å². The number of piperidine rings is 1. The Bertz CT molecular complexity index is 1310. The minimum atomic E-state index is -0.993. The summed E-state index contributed by atoms with van der Waals surface area (Å²) in [6, 6.07) is 9.72. The Balaban J connectivity index is 1.28. The molecule has 0 aromatic carbocycles. The summed E-state index contributed by atoms with van der Waals surface area (Å²) in [5.41, 5.74) is 4.22. The Labute approximate surface area is 190 Å². The van der Waals surface area contributed by atoms with E-state index in [2.05, 4.69) is 30.6 Å². The Kier molecular flexibility index (Phi) is 5.03. The van der Waals surface area contributed by atoms with Gasteiger partial charge in [-0.1, -0.05) is 0 Å². The van der Waals surface area contributed by atoms with Gasteiger partial charge in [-0.05, 0) is 36.8 Å². The molecule has 4 aromatic rings. The third-order valence-electron chi connectivity index (χ3n) is 6.50. The lowest BCUT2D eigenvalue weighted by Crippen LogP contribution is -2.57. The topological polar surface area (TPSA) is 92.5 Å². The molecule has 2 saturated heterocycles. The first-order valence-electron chi connectivity index (χ1n) is 11.2. The Morgan fingerprint density at radius 2 is 2.03 bits per heavy atom. The highest BCUT2D eigenvalue weighted by molar-refractivity contribution is 5.89. The van der Waals surface area contributed by atoms with Crippen molar-refractivity contribution in [3.63, 3.8) is 0 Å². The summed E-state index contributed by atoms with van der Waals surface area (Å²) in [4.78, 5) is 15.9. The molecule has 170 valence electrons. The number of nitrogens with one attached hydrogen (secondary N) is 2. The summed E-state index contributed by atoms with van der Waals surface area (Å²) in [7, 11) is 1.82. The minimum Gasteiger partial charge on any atom is -0.378 e. The maximum absolute atomic E-state index is 14.9. The minimum absolute atomic E-state index is 0.325. The molecule has 0 saturated carbocycles. The number of anilines is 2. The first-order valence-corrected chi connectivity index (χ1v) is 11.2. The summed E-state index contributed by atoms with van der Waals surface area (Å²) in [5.74, 6) is 1.05. The van der Waals surface area contributed by atoms with Crippen LogP contribution in [0.15, 0.2) is 42.7 Å². The van der Waals surface area contributed by atoms with Crippen LogP contribution in [0.3, 0.4) is 0 Å². The van der Waals surface area contributed by atoms with E-state index in [9.17, 15) is 4.39 Å². The molecule has 1 unspecified atom stereocenters. The van der Waals surface area contributed by atoms with E-state index >= 15 is 0 Å². The quantitative estimate of drug-likeness (QED) is 0.481. The predicted molar refractivity (Wildman–Crippen MR) is 124 cm³/mol. The number of rotatable bonds is 5. The van der Waals surface area contributed by atoms with Gasteiger partial charge in [0.1, 0.15) is 11.7 Å². The lowest BCUT2D eigenvalue weighted by atomic mass is 10.0. The van der Waals surface area contributed by atoms with Crippen molar-refractivity contribution in [1.29, 1.82) is 0 Å². The molecule has 10 heteroatoms. The normalized spacial score (nSPS) is 21.9. The number of halogens is 1. The number of aromatic nitrogens is 5. The second-order valence-electron chi connectivity index (χ2n) is 8.54. The maximum atomic E-state index is 14.9. The van der Waals surface area contributed by atoms with Crippen molar-refractivity contribution in [1.82, 2.24) is 29.5 Å². The van der Waals surface area contributed by atoms with E-state index in [1.54, 1.807) is 10.7 Å². The lowest BCUT2D eigenvalue weighted by molar-refractivity contribution is -0.0794. The molecule has 0 bridgehead atoms. The predicted octanol–water partition coefficient (Wildman–Crippen LogP) is 2.60. The number of alkyl halides is 1. The zero-order valence-corrected chi connectivity index (χ0v) is 18.3. The van der Waals surface area contributed by atoms with E-state index in [0.29, 0.717) is 44.0 Å². The third-order valence-corrected chi connectivity index (χ3v) is 6.50. The number of likely N-dealkylation sites (tertiary alicyclic amines) is 1. The van der Waals surface area contributed by atoms with Gasteiger partial charge in [-0.3, -0.25) is 9.88 Å². The Morgan fingerprint density at radius 3 is 2.82 bits per heavy atom. The van der Waals surface area contributed by atoms with Crippen LogP contribution >= 0.6 is 0 Å². The molecular weight excluding hydrogens is 423 g/mol. The Hall–Kier alpha value is -3.37. The van der Waals surface area contributed by atoms with Crippen molar-refractivity contribution < 1.29 is 9.13 Å². The zero-order chi connectivity index (χ0) is 22.4. The molecule has 9 nitrogen and oxygen atoms in total. The first-order chi connectivity index (χ1) is 16.2. The van der Waals surface area contributed by atoms with Crippen LogP contribution in [0.2, 0.25) is 0 Å². The van der Waals surface area contributed by atoms with Gasteiger partial charge in [0.2, 0.25) is 5.95 Å². The number of pyridine rings is 2. The van der Waals surface area contributed by atoms with Crippen LogP contribution in [0.25, 0.3) is 27.8 Å². The molecule has 33 heavy (non-hydrogen) atoms. The van der Waals surface area contributed by atoms with Gasteiger partial charge in [0.25, 0.3) is 0 Å². The number of fused-ring (bicyclic) bond motifs is 2. The second kappa shape index (κ2) is 8.20. The van der Waals surface area contributed by atoms with Gasteiger partial charge in [-0.2, -0.15) is 4.98 Å². The van der Waals surface area contributed by atoms with Crippen LogP contribution < -0.4 is 10.6 Å². The van der Waals surface area contributed by atoms with Crippen molar-refractivity contribution in [2.75, 3.05) is 44.0 Å². The van der Waals surface area contributed by atoms with E-state index in [1.807, 2.05) is 43.6 Å². The van der Waals surface area contributed by atoms with Gasteiger partial charge < -0.3 is 15.4 Å². The first kappa shape index (κ1) is 20.3. The van der Waals surface area contributed by atoms with Gasteiger partial charge in [0, 0.05) is 38.1 Å². The fraction of sp³-hybridized carbons (Fsp3) is 0.391. The van der Waals surface area contributed by atoms with Crippen LogP contribution in [0.4, 0.5) is 16.2 Å². The van der Waals surface area contributed by atoms with Crippen LogP contribution in [0.1, 0.15) is 6.42 Å². The molecule has 2 atom stereocenters. The smallest absolute Gasteiger partial charge is 0.243 e. The number of nitrogens with zero attached hydrogens (tertiary/aromatic N) is 6. The van der Waals surface area contributed by atoms with Gasteiger partial charge in [-0.25, -0.2) is 13.9 Å². The monoisotopic (exact) mass is 448 g/mol. The lowest BCUT2D eigenvalue weighted by Gasteiger charge is -2.42. The molecule has 6 heterocycles. The molecule has 2 N–H and O–H groups in total. The molecule has 0 amide bonds. The van der Waals surface area contributed by atoms with Gasteiger partial charge >= 0.3 is 0 Å². The van der Waals surface area contributed by atoms with Crippen LogP contribution in [-0.4, -0.2) is 81.1 Å². The summed E-state index contributed by atoms with van der Waals surface area (Å²) in [6.07, 6.45) is 3.33. The van der Waals surface area contributed by atoms with E-state index in [1.165, 1.54) is 0 Å². The van der Waals surface area contributed by atoms with Crippen LogP contribution in [0.5, 0.6) is 0 Å². The van der Waals surface area contributed by atoms with Crippen molar-refractivity contribution in [2.45, 2.75) is 24.7 Å². The molecule has 2 aliphatic rings. The van der Waals surface area contributed by atoms with Gasteiger partial charge in [0.05, 0.1) is 42.0 Å². The van der Waals surface area contributed by atoms with E-state index in [0.717, 1.165) is 34.4 Å². The van der Waals surface area contributed by atoms with E-state index in [4.69, 9.17) is 9.72 Å². The molecule has 0 spiro atoms. The molecule has 0 aliphatic carbocycles. The maximum Gasteiger partial charge on any atom is 0.243 e. The summed E-state index contributed by atoms with van der Waals surface area (Å²) < 4.78 is 21.9. The Morgan fingerprint density at radius 1 is 1.12 bits per heavy atom. The number of ether oxygens (including phenoxy) is 1. The number of hydrogen-bond acceptors (Lipinski definition) is 8. The fourth-order valence-corrected chi connectivity index (χ4v) is 4.60. The summed E-state index contributed by atoms with van der Waals surface area (Å²) in [5, 5.41) is 11.0. The second-order valence-corrected chi connectivity index (χ2v) is 8.54. The molecule has 4 aromatic heterocycles. The zero-order valence-electron chi connectivity index (χ0n) is 18.3. The van der Waals surface area contributed by atoms with Crippen molar-refractivity contribution in [3.05, 3.63) is 42.7 Å². The molecular formula is C23H25FN8O. The molecule has 2 aliphatic heterocycles. The van der Waals surface area contributed by atoms with Crippen molar-refractivity contribution in [2.24, 2.45) is 0 Å². The standard InChI is InChI=1S/C23H25FN8O/c1-25-22-21-15(17-4-5-19-20(27-17)3-2-8-26-19)6-10-32(21)30-23(29-22)28-18-7-9-31(11-16(18)24)14-12-33-13-14/h2-6,8,10,14,16,18H,7,9,11-13H2,1H3,(H2,25,28,29,30)/t16-,18?/m0/s1. The van der Waals surface area contributed by atoms with Crippen molar-refractivity contribution >= 4 is 28.3 Å². The fourth-order valence-electron chi connectivity index (χ4n) is 4.60. The van der Waals surface area contributed by atoms with Gasteiger partial charge in [-0.15, -0.1) is 5.10 Å². The van der Waals surface area contributed by atoms with Crippen LogP contribution in [0, 0.1) is 0 Å². The van der Waals surface area contributed by atoms with E-state index < -0.39 is 6.17 Å². The summed E-state index contributed by atoms with van der Waals surface area (Å²) >= 11 is 0. The number of hydrogen-bond donors (Lipinski definition) is 2. The molecule has 0 radical (unpaired) electrons. The van der Waals surface area contributed by atoms with E-state index in [-0.39, 0.29) is 6.04 Å². The molecule has 2 fully saturated rings. The summed E-state index contributed by atoms with van der Waals surface area (Å²) in [6.45, 7) is 2.65. The highest BCUT2D eigenvalue weighted by Crippen LogP contribution is 2.30. The average molecular weight is 449 g/mol. The van der Waals surface area contributed by atoms with Crippen molar-refractivity contribution in [3.8, 4) is 11.3 Å². The highest BCUT2D eigenvalue weighted by atomic mass is 19.1. The third kappa shape index (κ3) is 3.65. The average Bonchev–Trinajstić information content (AvgIpc) is 3.23. The largest absolute Gasteiger partial charge is 0.378 e. The molecule has 6 rings (SSSR count). The SMILES string of the molecule is CNc1nc(NC2CCN(C3COC3)C[C@@H]2F)nn2ccc(-c3ccc4ncccc4n3)c12. The highest BCUT2D eigenvalue weighted by Gasteiger charge is 2.35.